The largest absolute Gasteiger partial charge is 0.414 e. The van der Waals surface area contributed by atoms with Crippen molar-refractivity contribution in [3.63, 3.8) is 0 Å². The topological polar surface area (TPSA) is 33.0 Å². The van der Waals surface area contributed by atoms with Gasteiger partial charge in [-0.1, -0.05) is 20.8 Å². The van der Waals surface area contributed by atoms with Crippen molar-refractivity contribution in [3.05, 3.63) is 0 Å². The Bertz CT molecular complexity index is 243. The molecule has 1 aliphatic carbocycles. The maximum absolute atomic E-state index is 8.67. The van der Waals surface area contributed by atoms with Crippen LogP contribution in [0.15, 0.2) is 0 Å². The Balaban J connectivity index is 2.43. The van der Waals surface area contributed by atoms with Gasteiger partial charge < -0.3 is 4.43 Å². The molecule has 80 valence electrons. The molecule has 0 heterocycles. The second-order valence-corrected chi connectivity index (χ2v) is 10.6. The van der Waals surface area contributed by atoms with E-state index >= 15 is 0 Å². The summed E-state index contributed by atoms with van der Waals surface area (Å²) in [5.74, 6) is 0.254. The van der Waals surface area contributed by atoms with E-state index in [0.29, 0.717) is 6.10 Å². The van der Waals surface area contributed by atoms with Crippen molar-refractivity contribution in [2.24, 2.45) is 5.92 Å². The molecule has 0 atom stereocenters. The van der Waals surface area contributed by atoms with Gasteiger partial charge in [-0.05, 0) is 31.0 Å². The monoisotopic (exact) mass is 211 g/mol. The lowest BCUT2D eigenvalue weighted by Crippen LogP contribution is -2.47. The van der Waals surface area contributed by atoms with Crippen LogP contribution in [0, 0.1) is 17.2 Å². The van der Waals surface area contributed by atoms with Gasteiger partial charge in [-0.25, -0.2) is 0 Å². The van der Waals surface area contributed by atoms with Gasteiger partial charge in [0.1, 0.15) is 0 Å². The predicted molar refractivity (Wildman–Crippen MR) is 60.4 cm³/mol. The van der Waals surface area contributed by atoms with E-state index in [4.69, 9.17) is 9.69 Å². The van der Waals surface area contributed by atoms with Crippen molar-refractivity contribution < 1.29 is 4.43 Å². The first-order valence-electron chi connectivity index (χ1n) is 5.34. The van der Waals surface area contributed by atoms with Crippen LogP contribution >= 0.6 is 0 Å². The lowest BCUT2D eigenvalue weighted by molar-refractivity contribution is 0.0754. The molecule has 0 aromatic carbocycles. The zero-order chi connectivity index (χ0) is 11.0. The van der Waals surface area contributed by atoms with E-state index in [1.807, 2.05) is 0 Å². The van der Waals surface area contributed by atoms with E-state index in [0.717, 1.165) is 12.8 Å². The number of rotatable bonds is 2. The Morgan fingerprint density at radius 3 is 2.14 bits per heavy atom. The average Bonchev–Trinajstić information content (AvgIpc) is 1.93. The lowest BCUT2D eigenvalue weighted by atomic mass is 9.84. The zero-order valence-corrected chi connectivity index (χ0v) is 10.9. The van der Waals surface area contributed by atoms with Crippen molar-refractivity contribution in [1.82, 2.24) is 0 Å². The van der Waals surface area contributed by atoms with Gasteiger partial charge >= 0.3 is 0 Å². The van der Waals surface area contributed by atoms with E-state index < -0.39 is 8.32 Å². The van der Waals surface area contributed by atoms with E-state index in [1.165, 1.54) is 0 Å². The summed E-state index contributed by atoms with van der Waals surface area (Å²) in [6.45, 7) is 11.3. The summed E-state index contributed by atoms with van der Waals surface area (Å²) in [6.07, 6.45) is 2.26. The lowest BCUT2D eigenvalue weighted by Gasteiger charge is -2.43. The Morgan fingerprint density at radius 1 is 1.29 bits per heavy atom. The molecule has 1 aliphatic rings. The molecule has 14 heavy (non-hydrogen) atoms. The fourth-order valence-electron chi connectivity index (χ4n) is 1.36. The van der Waals surface area contributed by atoms with Crippen molar-refractivity contribution in [2.45, 2.75) is 57.8 Å². The van der Waals surface area contributed by atoms with Crippen molar-refractivity contribution in [3.8, 4) is 6.07 Å². The third kappa shape index (κ3) is 2.37. The molecule has 0 amide bonds. The van der Waals surface area contributed by atoms with Gasteiger partial charge in [-0.3, -0.25) is 0 Å². The van der Waals surface area contributed by atoms with Crippen LogP contribution < -0.4 is 0 Å². The Kier molecular flexibility index (Phi) is 3.08. The van der Waals surface area contributed by atoms with Crippen molar-refractivity contribution in [1.29, 1.82) is 5.26 Å². The number of nitriles is 1. The molecule has 1 fully saturated rings. The fraction of sp³-hybridized carbons (Fsp3) is 0.909. The number of hydrogen-bond donors (Lipinski definition) is 0. The Labute approximate surface area is 88.4 Å². The number of hydrogen-bond acceptors (Lipinski definition) is 2. The van der Waals surface area contributed by atoms with Crippen LogP contribution in [-0.4, -0.2) is 14.4 Å². The molecular weight excluding hydrogens is 190 g/mol. The fourth-order valence-corrected chi connectivity index (χ4v) is 2.74. The average molecular weight is 211 g/mol. The molecule has 0 aliphatic heterocycles. The first-order valence-corrected chi connectivity index (χ1v) is 8.24. The molecule has 0 radical (unpaired) electrons. The van der Waals surface area contributed by atoms with Crippen LogP contribution in [0.2, 0.25) is 18.1 Å². The van der Waals surface area contributed by atoms with E-state index in [-0.39, 0.29) is 11.0 Å². The highest BCUT2D eigenvalue weighted by atomic mass is 28.4. The van der Waals surface area contributed by atoms with Crippen LogP contribution in [0.3, 0.4) is 0 Å². The van der Waals surface area contributed by atoms with E-state index in [1.54, 1.807) is 0 Å². The predicted octanol–water partition coefficient (Wildman–Crippen LogP) is 3.31. The summed E-state index contributed by atoms with van der Waals surface area (Å²) in [5.41, 5.74) is 0. The molecule has 0 unspecified atom stereocenters. The molecule has 0 aromatic heterocycles. The summed E-state index contributed by atoms with van der Waals surface area (Å²) in [7, 11) is -1.59. The highest BCUT2D eigenvalue weighted by Gasteiger charge is 2.42. The normalized spacial score (nSPS) is 28.0. The van der Waals surface area contributed by atoms with Crippen LogP contribution in [0.5, 0.6) is 0 Å². The van der Waals surface area contributed by atoms with Crippen LogP contribution in [0.25, 0.3) is 0 Å². The SMILES string of the molecule is CC(C)(C)[Si](C)(C)O[C@H]1C[C@@H](C#N)C1. The highest BCUT2D eigenvalue weighted by molar-refractivity contribution is 6.74. The highest BCUT2D eigenvalue weighted by Crippen LogP contribution is 2.41. The Morgan fingerprint density at radius 2 is 1.79 bits per heavy atom. The quantitative estimate of drug-likeness (QED) is 0.656. The summed E-state index contributed by atoms with van der Waals surface area (Å²) >= 11 is 0. The van der Waals surface area contributed by atoms with Gasteiger partial charge in [0.15, 0.2) is 8.32 Å². The maximum atomic E-state index is 8.67. The molecule has 2 nitrogen and oxygen atoms in total. The van der Waals surface area contributed by atoms with Gasteiger partial charge in [0, 0.05) is 6.10 Å². The van der Waals surface area contributed by atoms with Gasteiger partial charge in [-0.15, -0.1) is 0 Å². The standard InChI is InChI=1S/C11H21NOSi/c1-11(2,3)14(4,5)13-10-6-9(7-10)8-12/h9-10H,6-7H2,1-5H3/t9-,10+. The smallest absolute Gasteiger partial charge is 0.192 e. The molecule has 0 spiro atoms. The zero-order valence-electron chi connectivity index (χ0n) is 9.92. The van der Waals surface area contributed by atoms with E-state index in [9.17, 15) is 0 Å². The third-order valence-electron chi connectivity index (χ3n) is 3.54. The molecule has 0 bridgehead atoms. The van der Waals surface area contributed by atoms with Gasteiger partial charge in [-0.2, -0.15) is 5.26 Å². The molecule has 3 heteroatoms. The van der Waals surface area contributed by atoms with E-state index in [2.05, 4.69) is 39.9 Å². The molecule has 0 aromatic rings. The number of nitrogens with zero attached hydrogens (tertiary/aromatic N) is 1. The third-order valence-corrected chi connectivity index (χ3v) is 8.08. The molecule has 0 saturated heterocycles. The van der Waals surface area contributed by atoms with Crippen molar-refractivity contribution in [2.75, 3.05) is 0 Å². The minimum atomic E-state index is -1.59. The summed E-state index contributed by atoms with van der Waals surface area (Å²) in [4.78, 5) is 0. The van der Waals surface area contributed by atoms with Gasteiger partial charge in [0.25, 0.3) is 0 Å². The second kappa shape index (κ2) is 3.67. The summed E-state index contributed by atoms with van der Waals surface area (Å²) in [5, 5.41) is 8.95. The van der Waals surface area contributed by atoms with Crippen LogP contribution in [0.1, 0.15) is 33.6 Å². The summed E-state index contributed by atoms with van der Waals surface area (Å²) < 4.78 is 6.16. The Hall–Kier alpha value is -0.333. The molecule has 1 saturated carbocycles. The summed E-state index contributed by atoms with van der Waals surface area (Å²) in [6, 6.07) is 2.29. The molecule has 1 rings (SSSR count). The van der Waals surface area contributed by atoms with Crippen molar-refractivity contribution >= 4 is 8.32 Å². The second-order valence-electron chi connectivity index (χ2n) is 5.80. The first-order chi connectivity index (χ1) is 6.26. The molecular formula is C11H21NOSi. The maximum Gasteiger partial charge on any atom is 0.192 e. The minimum absolute atomic E-state index is 0.254. The first kappa shape index (κ1) is 11.7. The molecule has 0 N–H and O–H groups in total. The van der Waals surface area contributed by atoms with Gasteiger partial charge in [0.2, 0.25) is 0 Å². The van der Waals surface area contributed by atoms with Gasteiger partial charge in [0.05, 0.1) is 12.0 Å². The minimum Gasteiger partial charge on any atom is -0.414 e. The van der Waals surface area contributed by atoms with Crippen LogP contribution in [0.4, 0.5) is 0 Å². The van der Waals surface area contributed by atoms with Crippen LogP contribution in [-0.2, 0) is 4.43 Å².